The van der Waals surface area contributed by atoms with Gasteiger partial charge in [0.15, 0.2) is 5.78 Å². The number of nitrogens with zero attached hydrogens (tertiary/aromatic N) is 5. The van der Waals surface area contributed by atoms with Crippen LogP contribution in [0.3, 0.4) is 0 Å². The van der Waals surface area contributed by atoms with E-state index < -0.39 is 0 Å². The van der Waals surface area contributed by atoms with E-state index in [1.54, 1.807) is 12.3 Å². The van der Waals surface area contributed by atoms with Gasteiger partial charge in [-0.15, -0.1) is 11.3 Å². The first-order valence-corrected chi connectivity index (χ1v) is 14.7. The van der Waals surface area contributed by atoms with Crippen molar-refractivity contribution in [2.75, 3.05) is 48.3 Å². The van der Waals surface area contributed by atoms with Crippen molar-refractivity contribution in [3.05, 3.63) is 70.5 Å². The molecule has 1 amide bonds. The van der Waals surface area contributed by atoms with Crippen LogP contribution in [0.4, 0.5) is 17.3 Å². The number of fused-ring (bicyclic) bond motifs is 1. The van der Waals surface area contributed by atoms with Crippen LogP contribution in [0.15, 0.2) is 48.2 Å². The number of hydrogen-bond donors (Lipinski definition) is 2. The maximum Gasteiger partial charge on any atom is 0.258 e. The molecule has 9 nitrogen and oxygen atoms in total. The minimum absolute atomic E-state index is 0.0221. The molecule has 2 fully saturated rings. The van der Waals surface area contributed by atoms with Crippen molar-refractivity contribution in [3.63, 3.8) is 0 Å². The normalized spacial score (nSPS) is 15.8. The first kappa shape index (κ1) is 26.3. The summed E-state index contributed by atoms with van der Waals surface area (Å²) in [4.78, 5) is 44.6. The van der Waals surface area contributed by atoms with E-state index in [-0.39, 0.29) is 18.1 Å². The van der Waals surface area contributed by atoms with Crippen molar-refractivity contribution < 1.29 is 9.59 Å². The number of amides is 1. The Morgan fingerprint density at radius 2 is 1.88 bits per heavy atom. The fourth-order valence-electron chi connectivity index (χ4n) is 4.94. The number of pyridine rings is 1. The van der Waals surface area contributed by atoms with Crippen LogP contribution in [0.1, 0.15) is 51.6 Å². The Kier molecular flexibility index (Phi) is 7.44. The number of carbonyl (C=O) groups is 2. The number of benzene rings is 1. The highest BCUT2D eigenvalue weighted by Crippen LogP contribution is 2.33. The summed E-state index contributed by atoms with van der Waals surface area (Å²) in [5.74, 6) is 1.46. The molecule has 10 heteroatoms. The highest BCUT2D eigenvalue weighted by molar-refractivity contribution is 7.18. The fourth-order valence-corrected chi connectivity index (χ4v) is 5.90. The lowest BCUT2D eigenvalue weighted by molar-refractivity contribution is 0.0989. The molecule has 2 aliphatic rings. The summed E-state index contributed by atoms with van der Waals surface area (Å²) in [6.07, 6.45) is 5.81. The van der Waals surface area contributed by atoms with Crippen molar-refractivity contribution in [2.45, 2.75) is 39.2 Å². The first-order chi connectivity index (χ1) is 19.5. The molecule has 206 valence electrons. The van der Waals surface area contributed by atoms with E-state index in [1.807, 2.05) is 36.6 Å². The van der Waals surface area contributed by atoms with Crippen LogP contribution < -0.4 is 15.5 Å². The summed E-state index contributed by atoms with van der Waals surface area (Å²) in [5, 5.41) is 8.23. The van der Waals surface area contributed by atoms with Crippen molar-refractivity contribution >= 4 is 50.6 Å². The Morgan fingerprint density at radius 1 is 1.05 bits per heavy atom. The summed E-state index contributed by atoms with van der Waals surface area (Å²) in [7, 11) is 0. The third-order valence-electron chi connectivity index (χ3n) is 7.64. The number of nitrogens with one attached hydrogen (secondary N) is 2. The van der Waals surface area contributed by atoms with Gasteiger partial charge in [-0.1, -0.05) is 25.1 Å². The average molecular weight is 556 g/mol. The monoisotopic (exact) mass is 555 g/mol. The molecule has 4 aromatic rings. The summed E-state index contributed by atoms with van der Waals surface area (Å²) >= 11 is 1.46. The summed E-state index contributed by atoms with van der Waals surface area (Å²) in [6, 6.07) is 9.88. The molecule has 1 aliphatic heterocycles. The zero-order valence-corrected chi connectivity index (χ0v) is 23.6. The zero-order valence-electron chi connectivity index (χ0n) is 22.8. The van der Waals surface area contributed by atoms with Gasteiger partial charge in [0.1, 0.15) is 18.0 Å². The molecule has 3 aromatic heterocycles. The lowest BCUT2D eigenvalue weighted by Crippen LogP contribution is -2.46. The maximum absolute atomic E-state index is 13.3. The number of piperazine rings is 1. The molecule has 0 spiro atoms. The third kappa shape index (κ3) is 5.68. The minimum atomic E-state index is -0.255. The molecular weight excluding hydrogens is 522 g/mol. The smallest absolute Gasteiger partial charge is 0.258 e. The number of Topliss-reactive ketones (excluding diaryl/α,β-unsaturated/α-hetero) is 1. The number of thiophene rings is 1. The van der Waals surface area contributed by atoms with E-state index in [9.17, 15) is 9.59 Å². The number of anilines is 3. The Bertz CT molecular complexity index is 1540. The molecule has 1 saturated heterocycles. The average Bonchev–Trinajstić information content (AvgIpc) is 3.69. The molecule has 0 unspecified atom stereocenters. The lowest BCUT2D eigenvalue weighted by atomic mass is 10.0. The van der Waals surface area contributed by atoms with Gasteiger partial charge < -0.3 is 20.4 Å². The predicted octanol–water partition coefficient (Wildman–Crippen LogP) is 4.79. The Labute approximate surface area is 237 Å². The van der Waals surface area contributed by atoms with Crippen LogP contribution in [-0.4, -0.2) is 70.3 Å². The molecule has 0 radical (unpaired) electrons. The second-order valence-corrected chi connectivity index (χ2v) is 11.4. The van der Waals surface area contributed by atoms with Crippen LogP contribution in [0.5, 0.6) is 0 Å². The molecule has 1 aliphatic carbocycles. The maximum atomic E-state index is 13.3. The molecule has 40 heavy (non-hydrogen) atoms. The molecule has 1 aromatic carbocycles. The SMILES string of the molecule is CCN1CCN(c2ccc(CC(=O)c3ccc(C)c(NC(=O)c4csc5c(NC6CC6)ncnc45)c3)cn2)CC1. The van der Waals surface area contributed by atoms with Crippen molar-refractivity contribution in [1.82, 2.24) is 19.9 Å². The van der Waals surface area contributed by atoms with Crippen LogP contribution in [-0.2, 0) is 6.42 Å². The number of hydrogen-bond acceptors (Lipinski definition) is 9. The third-order valence-corrected chi connectivity index (χ3v) is 8.62. The Morgan fingerprint density at radius 3 is 2.60 bits per heavy atom. The molecular formula is C30H33N7O2S. The zero-order chi connectivity index (χ0) is 27.6. The summed E-state index contributed by atoms with van der Waals surface area (Å²) in [6.45, 7) is 9.19. The standard InChI is InChI=1S/C30H33N7O2S/c1-3-36-10-12-37(13-11-36)26-9-5-20(16-31-26)14-25(38)21-6-4-19(2)24(15-21)35-30(39)23-17-40-28-27(23)32-18-33-29(28)34-22-7-8-22/h4-6,9,15-18,22H,3,7-8,10-14H2,1-2H3,(H,35,39)(H,32,33,34). The number of ketones is 1. The van der Waals surface area contributed by atoms with Crippen molar-refractivity contribution in [3.8, 4) is 0 Å². The molecule has 2 N–H and O–H groups in total. The minimum Gasteiger partial charge on any atom is -0.366 e. The second kappa shape index (κ2) is 11.3. The Hall–Kier alpha value is -3.89. The van der Waals surface area contributed by atoms with Gasteiger partial charge in [0.2, 0.25) is 0 Å². The summed E-state index contributed by atoms with van der Waals surface area (Å²) in [5.41, 5.74) is 4.04. The van der Waals surface area contributed by atoms with Gasteiger partial charge in [0.25, 0.3) is 5.91 Å². The van der Waals surface area contributed by atoms with Crippen molar-refractivity contribution in [2.24, 2.45) is 0 Å². The van der Waals surface area contributed by atoms with E-state index in [0.717, 1.165) is 73.0 Å². The van der Waals surface area contributed by atoms with E-state index in [1.165, 1.54) is 17.7 Å². The van der Waals surface area contributed by atoms with E-state index in [4.69, 9.17) is 0 Å². The lowest BCUT2D eigenvalue weighted by Gasteiger charge is -2.34. The fraction of sp³-hybridized carbons (Fsp3) is 0.367. The number of likely N-dealkylation sites (N-methyl/N-ethyl adjacent to an activating group) is 1. The topological polar surface area (TPSA) is 103 Å². The molecule has 0 atom stereocenters. The van der Waals surface area contributed by atoms with Crippen LogP contribution >= 0.6 is 11.3 Å². The van der Waals surface area contributed by atoms with Crippen LogP contribution in [0, 0.1) is 6.92 Å². The van der Waals surface area contributed by atoms with Gasteiger partial charge in [0, 0.05) is 61.5 Å². The summed E-state index contributed by atoms with van der Waals surface area (Å²) < 4.78 is 0.878. The largest absolute Gasteiger partial charge is 0.366 e. The van der Waals surface area contributed by atoms with Gasteiger partial charge in [0.05, 0.1) is 15.8 Å². The van der Waals surface area contributed by atoms with Gasteiger partial charge in [-0.3, -0.25) is 9.59 Å². The van der Waals surface area contributed by atoms with Gasteiger partial charge in [-0.2, -0.15) is 0 Å². The highest BCUT2D eigenvalue weighted by Gasteiger charge is 2.24. The van der Waals surface area contributed by atoms with Crippen LogP contribution in [0.2, 0.25) is 0 Å². The molecule has 6 rings (SSSR count). The van der Waals surface area contributed by atoms with E-state index >= 15 is 0 Å². The van der Waals surface area contributed by atoms with Crippen LogP contribution in [0.25, 0.3) is 10.2 Å². The van der Waals surface area contributed by atoms with Gasteiger partial charge in [-0.05, 0) is 49.6 Å². The number of rotatable bonds is 9. The first-order valence-electron chi connectivity index (χ1n) is 13.8. The highest BCUT2D eigenvalue weighted by atomic mass is 32.1. The quantitative estimate of drug-likeness (QED) is 0.284. The van der Waals surface area contributed by atoms with E-state index in [2.05, 4.69) is 42.3 Å². The second-order valence-electron chi connectivity index (χ2n) is 10.5. The number of carbonyl (C=O) groups excluding carboxylic acids is 2. The molecule has 1 saturated carbocycles. The number of aromatic nitrogens is 3. The molecule has 0 bridgehead atoms. The number of aryl methyl sites for hydroxylation is 1. The van der Waals surface area contributed by atoms with Gasteiger partial charge in [-0.25, -0.2) is 15.0 Å². The van der Waals surface area contributed by atoms with E-state index in [0.29, 0.717) is 28.4 Å². The van der Waals surface area contributed by atoms with Crippen molar-refractivity contribution in [1.29, 1.82) is 0 Å². The predicted molar refractivity (Wildman–Crippen MR) is 160 cm³/mol. The van der Waals surface area contributed by atoms with Gasteiger partial charge >= 0.3 is 0 Å². The Balaban J connectivity index is 1.12. The molecule has 4 heterocycles.